The van der Waals surface area contributed by atoms with Crippen molar-refractivity contribution in [2.45, 2.75) is 54.4 Å². The lowest BCUT2D eigenvalue weighted by Crippen LogP contribution is -2.73. The molecule has 9 N–H and O–H groups in total. The summed E-state index contributed by atoms with van der Waals surface area (Å²) in [4.78, 5) is 10.6. The van der Waals surface area contributed by atoms with Gasteiger partial charge in [-0.3, -0.25) is 0 Å². The average molecular weight is 342 g/mol. The molecule has 0 bridgehead atoms. The molecule has 0 aliphatic carbocycles. The lowest BCUT2D eigenvalue weighted by atomic mass is 9.76. The zero-order chi connectivity index (χ0) is 17.9. The minimum absolute atomic E-state index is 0.163. The first-order valence-electron chi connectivity index (χ1n) is 6.79. The van der Waals surface area contributed by atoms with Crippen molar-refractivity contribution in [2.24, 2.45) is 0 Å². The summed E-state index contributed by atoms with van der Waals surface area (Å²) in [5.41, 5.74) is -3.00. The molecule has 0 aromatic carbocycles. The van der Waals surface area contributed by atoms with Crippen LogP contribution in [0, 0.1) is 0 Å². The van der Waals surface area contributed by atoms with Crippen LogP contribution < -0.4 is 0 Å². The number of hydrogen-bond donors (Lipinski definition) is 9. The Morgan fingerprint density at radius 2 is 1.61 bits per heavy atom. The Morgan fingerprint density at radius 3 is 2.04 bits per heavy atom. The van der Waals surface area contributed by atoms with Crippen LogP contribution in [0.25, 0.3) is 0 Å². The summed E-state index contributed by atoms with van der Waals surface area (Å²) in [6, 6.07) is 0. The summed E-state index contributed by atoms with van der Waals surface area (Å²) in [5.74, 6) is 0. The molecule has 1 fully saturated rings. The van der Waals surface area contributed by atoms with Gasteiger partial charge in [0.1, 0.15) is 54.4 Å². The van der Waals surface area contributed by atoms with E-state index in [4.69, 9.17) is 14.9 Å². The van der Waals surface area contributed by atoms with Crippen molar-refractivity contribution in [1.82, 2.24) is 0 Å². The first kappa shape index (κ1) is 20.3. The molecule has 1 saturated heterocycles. The molecule has 11 heteroatoms. The van der Waals surface area contributed by atoms with Gasteiger partial charge in [0.15, 0.2) is 6.29 Å². The number of carbonyl (C=O) groups excluding carboxylic acids is 1. The molecule has 0 radical (unpaired) electrons. The van der Waals surface area contributed by atoms with E-state index in [2.05, 4.69) is 0 Å². The summed E-state index contributed by atoms with van der Waals surface area (Å²) in [6.07, 6.45) is -16.3. The molecule has 1 aliphatic heterocycles. The molecular weight excluding hydrogens is 320 g/mol. The van der Waals surface area contributed by atoms with Crippen LogP contribution in [0.2, 0.25) is 0 Å². The van der Waals surface area contributed by atoms with Crippen LogP contribution in [-0.4, -0.2) is 120 Å². The highest BCUT2D eigenvalue weighted by Gasteiger charge is 2.59. The second-order valence-corrected chi connectivity index (χ2v) is 5.41. The summed E-state index contributed by atoms with van der Waals surface area (Å²) < 4.78 is 5.02. The van der Waals surface area contributed by atoms with Crippen LogP contribution in [0.3, 0.4) is 0 Å². The maximum atomic E-state index is 10.6. The van der Waals surface area contributed by atoms with Crippen molar-refractivity contribution in [3.63, 3.8) is 0 Å². The fourth-order valence-corrected chi connectivity index (χ4v) is 2.53. The van der Waals surface area contributed by atoms with Crippen LogP contribution in [0.1, 0.15) is 0 Å². The van der Waals surface area contributed by atoms with E-state index in [0.717, 1.165) is 0 Å². The molecule has 1 heterocycles. The topological polar surface area (TPSA) is 208 Å². The van der Waals surface area contributed by atoms with Crippen LogP contribution >= 0.6 is 0 Å². The molecule has 23 heavy (non-hydrogen) atoms. The molecule has 1 aliphatic rings. The predicted octanol–water partition coefficient (Wildman–Crippen LogP) is -6.17. The van der Waals surface area contributed by atoms with Gasteiger partial charge in [0.05, 0.1) is 13.2 Å². The van der Waals surface area contributed by atoms with Gasteiger partial charge in [-0.05, 0) is 0 Å². The minimum Gasteiger partial charge on any atom is -0.394 e. The second-order valence-electron chi connectivity index (χ2n) is 5.41. The molecule has 0 unspecified atom stereocenters. The van der Waals surface area contributed by atoms with E-state index in [1.54, 1.807) is 0 Å². The van der Waals surface area contributed by atoms with Crippen LogP contribution in [0.15, 0.2) is 0 Å². The standard InChI is InChI=1S/C12H22O11/c13-1-4(16)10(21)12(22,6(17)3-15)11-9(20)8(19)7(18)5(2-14)23-11/h1,4-11,14-22H,2-3H2/t4-,5-,6-,7-,8+,9-,10-,11-,12-/m1/s1. The lowest BCUT2D eigenvalue weighted by molar-refractivity contribution is -0.309. The van der Waals surface area contributed by atoms with E-state index in [9.17, 15) is 40.5 Å². The quantitative estimate of drug-likeness (QED) is 0.199. The fraction of sp³-hybridized carbons (Fsp3) is 0.917. The zero-order valence-corrected chi connectivity index (χ0v) is 12.0. The van der Waals surface area contributed by atoms with E-state index in [0.29, 0.717) is 0 Å². The van der Waals surface area contributed by atoms with Gasteiger partial charge in [0, 0.05) is 0 Å². The maximum absolute atomic E-state index is 10.6. The lowest BCUT2D eigenvalue weighted by Gasteiger charge is -2.49. The summed E-state index contributed by atoms with van der Waals surface area (Å²) in [5, 5.41) is 87.1. The first-order valence-corrected chi connectivity index (χ1v) is 6.79. The second kappa shape index (κ2) is 7.90. The van der Waals surface area contributed by atoms with Crippen LogP contribution in [0.5, 0.6) is 0 Å². The summed E-state index contributed by atoms with van der Waals surface area (Å²) in [7, 11) is 0. The molecule has 0 spiro atoms. The highest BCUT2D eigenvalue weighted by Crippen LogP contribution is 2.33. The van der Waals surface area contributed by atoms with Gasteiger partial charge >= 0.3 is 0 Å². The Kier molecular flexibility index (Phi) is 6.97. The molecular formula is C12H22O11. The highest BCUT2D eigenvalue weighted by molar-refractivity contribution is 5.57. The SMILES string of the molecule is O=C[C@@H](O)[C@@H](O)[C@](O)([C@H](O)CO)[C@@H]1O[C@H](CO)[C@@H](O)[C@H](O)[C@H]1O. The van der Waals surface area contributed by atoms with Gasteiger partial charge in [-0.1, -0.05) is 0 Å². The van der Waals surface area contributed by atoms with E-state index in [1.165, 1.54) is 0 Å². The number of aliphatic hydroxyl groups is 9. The number of carbonyl (C=O) groups is 1. The molecule has 0 saturated carbocycles. The van der Waals surface area contributed by atoms with E-state index < -0.39 is 67.6 Å². The fourth-order valence-electron chi connectivity index (χ4n) is 2.53. The minimum atomic E-state index is -3.00. The van der Waals surface area contributed by atoms with Gasteiger partial charge in [0.25, 0.3) is 0 Å². The normalized spacial score (nSPS) is 38.4. The maximum Gasteiger partial charge on any atom is 0.151 e. The van der Waals surface area contributed by atoms with Gasteiger partial charge < -0.3 is 55.5 Å². The predicted molar refractivity (Wildman–Crippen MR) is 69.9 cm³/mol. The first-order chi connectivity index (χ1) is 10.7. The van der Waals surface area contributed by atoms with E-state index >= 15 is 0 Å². The average Bonchev–Trinajstić information content (AvgIpc) is 2.56. The third kappa shape index (κ3) is 3.53. The molecule has 0 aromatic heterocycles. The molecule has 136 valence electrons. The zero-order valence-electron chi connectivity index (χ0n) is 12.0. The third-order valence-corrected chi connectivity index (χ3v) is 3.99. The number of aliphatic hydroxyl groups excluding tert-OH is 8. The largest absolute Gasteiger partial charge is 0.394 e. The number of hydrogen-bond acceptors (Lipinski definition) is 11. The molecule has 9 atom stereocenters. The monoisotopic (exact) mass is 342 g/mol. The Labute approximate surface area is 130 Å². The van der Waals surface area contributed by atoms with Crippen LogP contribution in [0.4, 0.5) is 0 Å². The Balaban J connectivity index is 3.27. The van der Waals surface area contributed by atoms with Crippen LogP contribution in [-0.2, 0) is 9.53 Å². The Bertz CT molecular complexity index is 391. The number of aldehydes is 1. The van der Waals surface area contributed by atoms with Crippen molar-refractivity contribution >= 4 is 6.29 Å². The van der Waals surface area contributed by atoms with Crippen molar-refractivity contribution in [3.8, 4) is 0 Å². The summed E-state index contributed by atoms with van der Waals surface area (Å²) in [6.45, 7) is -2.01. The number of rotatable bonds is 7. The number of ether oxygens (including phenoxy) is 1. The Morgan fingerprint density at radius 1 is 1.04 bits per heavy atom. The smallest absolute Gasteiger partial charge is 0.151 e. The van der Waals surface area contributed by atoms with Gasteiger partial charge in [-0.25, -0.2) is 0 Å². The highest BCUT2D eigenvalue weighted by atomic mass is 16.6. The van der Waals surface area contributed by atoms with E-state index in [1.807, 2.05) is 0 Å². The molecule has 11 nitrogen and oxygen atoms in total. The van der Waals surface area contributed by atoms with Gasteiger partial charge in [0.2, 0.25) is 0 Å². The van der Waals surface area contributed by atoms with Crippen molar-refractivity contribution in [1.29, 1.82) is 0 Å². The molecule has 0 aromatic rings. The third-order valence-electron chi connectivity index (χ3n) is 3.99. The van der Waals surface area contributed by atoms with Crippen molar-refractivity contribution < 1.29 is 55.5 Å². The molecule has 0 amide bonds. The van der Waals surface area contributed by atoms with E-state index in [-0.39, 0.29) is 6.29 Å². The van der Waals surface area contributed by atoms with Gasteiger partial charge in [-0.2, -0.15) is 0 Å². The van der Waals surface area contributed by atoms with Crippen molar-refractivity contribution in [2.75, 3.05) is 13.2 Å². The van der Waals surface area contributed by atoms with Gasteiger partial charge in [-0.15, -0.1) is 0 Å². The summed E-state index contributed by atoms with van der Waals surface area (Å²) >= 11 is 0. The van der Waals surface area contributed by atoms with Crippen molar-refractivity contribution in [3.05, 3.63) is 0 Å². The molecule has 1 rings (SSSR count). The Hall–Kier alpha value is -0.730.